The van der Waals surface area contributed by atoms with E-state index < -0.39 is 0 Å². The van der Waals surface area contributed by atoms with Crippen LogP contribution in [0, 0.1) is 13.8 Å². The number of hydrogen-bond acceptors (Lipinski definition) is 6. The molecule has 0 aliphatic carbocycles. The third-order valence-corrected chi connectivity index (χ3v) is 6.22. The van der Waals surface area contributed by atoms with Crippen LogP contribution >= 0.6 is 0 Å². The van der Waals surface area contributed by atoms with Gasteiger partial charge >= 0.3 is 0 Å². The molecule has 0 bridgehead atoms. The fourth-order valence-corrected chi connectivity index (χ4v) is 4.46. The average Bonchev–Trinajstić information content (AvgIpc) is 3.14. The molecule has 1 fully saturated rings. The van der Waals surface area contributed by atoms with Gasteiger partial charge in [-0.15, -0.1) is 0 Å². The van der Waals surface area contributed by atoms with E-state index in [9.17, 15) is 4.79 Å². The second kappa shape index (κ2) is 7.46. The topological polar surface area (TPSA) is 71.0 Å². The summed E-state index contributed by atoms with van der Waals surface area (Å²) in [6, 6.07) is 8.03. The summed E-state index contributed by atoms with van der Waals surface area (Å²) in [6.07, 6.45) is 3.78. The zero-order valence-corrected chi connectivity index (χ0v) is 18.4. The van der Waals surface area contributed by atoms with E-state index in [-0.39, 0.29) is 5.56 Å². The van der Waals surface area contributed by atoms with Gasteiger partial charge in [0.1, 0.15) is 11.3 Å². The fourth-order valence-electron chi connectivity index (χ4n) is 4.46. The van der Waals surface area contributed by atoms with Crippen molar-refractivity contribution in [1.29, 1.82) is 0 Å². The molecule has 31 heavy (non-hydrogen) atoms. The van der Waals surface area contributed by atoms with E-state index in [4.69, 9.17) is 4.98 Å². The summed E-state index contributed by atoms with van der Waals surface area (Å²) in [5, 5.41) is 4.61. The SMILES string of the molecule is CCN(CC)C1CN(c2ccc3nc(-c4cc5c(C)nc(C)cn5n4)cc(=O)n3c2)C1. The van der Waals surface area contributed by atoms with Crippen molar-refractivity contribution in [2.24, 2.45) is 0 Å². The molecule has 160 valence electrons. The molecule has 8 heteroatoms. The van der Waals surface area contributed by atoms with Gasteiger partial charge in [-0.2, -0.15) is 5.10 Å². The minimum absolute atomic E-state index is 0.106. The molecule has 0 spiro atoms. The van der Waals surface area contributed by atoms with Crippen molar-refractivity contribution in [3.8, 4) is 11.4 Å². The van der Waals surface area contributed by atoms with E-state index in [0.29, 0.717) is 23.1 Å². The Bertz CT molecular complexity index is 1330. The number of fused-ring (bicyclic) bond motifs is 2. The highest BCUT2D eigenvalue weighted by atomic mass is 16.1. The number of anilines is 1. The van der Waals surface area contributed by atoms with E-state index in [1.807, 2.05) is 44.4 Å². The van der Waals surface area contributed by atoms with Crippen molar-refractivity contribution in [3.63, 3.8) is 0 Å². The summed E-state index contributed by atoms with van der Waals surface area (Å²) < 4.78 is 3.42. The van der Waals surface area contributed by atoms with Crippen LogP contribution in [0.5, 0.6) is 0 Å². The first kappa shape index (κ1) is 19.7. The highest BCUT2D eigenvalue weighted by Crippen LogP contribution is 2.24. The molecule has 5 rings (SSSR count). The van der Waals surface area contributed by atoms with Crippen molar-refractivity contribution in [2.75, 3.05) is 31.1 Å². The Kier molecular flexibility index (Phi) is 4.74. The Morgan fingerprint density at radius 1 is 1.03 bits per heavy atom. The summed E-state index contributed by atoms with van der Waals surface area (Å²) in [5.74, 6) is 0. The quantitative estimate of drug-likeness (QED) is 0.497. The summed E-state index contributed by atoms with van der Waals surface area (Å²) in [4.78, 5) is 26.9. The standard InChI is InChI=1S/C23H27N7O/c1-5-27(6-2)18-12-28(13-18)17-7-8-22-25-19(10-23(31)29(22)14-17)20-9-21-16(4)24-15(3)11-30(21)26-20/h7-11,14,18H,5-6,12-13H2,1-4H3. The van der Waals surface area contributed by atoms with Crippen LogP contribution < -0.4 is 10.5 Å². The zero-order chi connectivity index (χ0) is 21.7. The van der Waals surface area contributed by atoms with Gasteiger partial charge in [0.2, 0.25) is 0 Å². The lowest BCUT2D eigenvalue weighted by molar-refractivity contribution is 0.183. The molecule has 0 N–H and O–H groups in total. The summed E-state index contributed by atoms with van der Waals surface area (Å²) >= 11 is 0. The molecule has 4 aromatic rings. The van der Waals surface area contributed by atoms with Gasteiger partial charge in [-0.3, -0.25) is 19.1 Å². The highest BCUT2D eigenvalue weighted by molar-refractivity contribution is 5.66. The van der Waals surface area contributed by atoms with Gasteiger partial charge in [0, 0.05) is 31.4 Å². The van der Waals surface area contributed by atoms with Gasteiger partial charge in [-0.05, 0) is 45.1 Å². The Morgan fingerprint density at radius 3 is 2.55 bits per heavy atom. The van der Waals surface area contributed by atoms with Gasteiger partial charge in [-0.25, -0.2) is 9.50 Å². The summed E-state index contributed by atoms with van der Waals surface area (Å²) in [5.41, 5.74) is 5.52. The normalized spacial score (nSPS) is 14.7. The van der Waals surface area contributed by atoms with Crippen molar-refractivity contribution in [1.82, 2.24) is 28.9 Å². The molecule has 0 atom stereocenters. The van der Waals surface area contributed by atoms with Crippen LogP contribution in [0.2, 0.25) is 0 Å². The first-order chi connectivity index (χ1) is 15.0. The molecule has 5 heterocycles. The molecule has 0 radical (unpaired) electrons. The predicted octanol–water partition coefficient (Wildman–Crippen LogP) is 2.55. The maximum absolute atomic E-state index is 12.9. The van der Waals surface area contributed by atoms with E-state index in [2.05, 4.69) is 33.7 Å². The lowest BCUT2D eigenvalue weighted by atomic mass is 10.1. The van der Waals surface area contributed by atoms with Crippen LogP contribution in [0.25, 0.3) is 22.6 Å². The molecule has 0 amide bonds. The monoisotopic (exact) mass is 417 g/mol. The second-order valence-corrected chi connectivity index (χ2v) is 8.20. The number of hydrogen-bond donors (Lipinski definition) is 0. The molecule has 1 aliphatic rings. The number of likely N-dealkylation sites (N-methyl/N-ethyl adjacent to an activating group) is 1. The molecular formula is C23H27N7O. The molecule has 8 nitrogen and oxygen atoms in total. The highest BCUT2D eigenvalue weighted by Gasteiger charge is 2.30. The van der Waals surface area contributed by atoms with Gasteiger partial charge in [0.05, 0.1) is 34.5 Å². The largest absolute Gasteiger partial charge is 0.367 e. The smallest absolute Gasteiger partial charge is 0.258 e. The Labute approximate surface area is 180 Å². The first-order valence-corrected chi connectivity index (χ1v) is 10.8. The number of pyridine rings is 1. The molecule has 1 saturated heterocycles. The second-order valence-electron chi connectivity index (χ2n) is 8.20. The van der Waals surface area contributed by atoms with E-state index in [1.165, 1.54) is 0 Å². The van der Waals surface area contributed by atoms with Crippen LogP contribution in [-0.4, -0.2) is 61.1 Å². The van der Waals surface area contributed by atoms with Crippen LogP contribution in [0.15, 0.2) is 41.5 Å². The Balaban J connectivity index is 1.47. The minimum Gasteiger partial charge on any atom is -0.367 e. The third-order valence-electron chi connectivity index (χ3n) is 6.22. The molecule has 0 aromatic carbocycles. The average molecular weight is 418 g/mol. The van der Waals surface area contributed by atoms with E-state index in [1.54, 1.807) is 15.0 Å². The zero-order valence-electron chi connectivity index (χ0n) is 18.4. The van der Waals surface area contributed by atoms with Gasteiger partial charge in [-0.1, -0.05) is 13.8 Å². The lowest BCUT2D eigenvalue weighted by Crippen LogP contribution is -2.59. The van der Waals surface area contributed by atoms with Crippen molar-refractivity contribution in [2.45, 2.75) is 33.7 Å². The van der Waals surface area contributed by atoms with Crippen LogP contribution in [-0.2, 0) is 0 Å². The lowest BCUT2D eigenvalue weighted by Gasteiger charge is -2.46. The first-order valence-electron chi connectivity index (χ1n) is 10.8. The molecule has 0 unspecified atom stereocenters. The number of aryl methyl sites for hydroxylation is 2. The minimum atomic E-state index is -0.106. The Morgan fingerprint density at radius 2 is 1.81 bits per heavy atom. The third kappa shape index (κ3) is 3.37. The van der Waals surface area contributed by atoms with E-state index in [0.717, 1.165) is 48.8 Å². The molecular weight excluding hydrogens is 390 g/mol. The summed E-state index contributed by atoms with van der Waals surface area (Å²) in [7, 11) is 0. The molecule has 0 saturated carbocycles. The van der Waals surface area contributed by atoms with Gasteiger partial charge in [0.25, 0.3) is 5.56 Å². The fraction of sp³-hybridized carbons (Fsp3) is 0.391. The van der Waals surface area contributed by atoms with Crippen molar-refractivity contribution in [3.05, 3.63) is 58.4 Å². The number of nitrogens with zero attached hydrogens (tertiary/aromatic N) is 7. The number of aromatic nitrogens is 5. The summed E-state index contributed by atoms with van der Waals surface area (Å²) in [6.45, 7) is 12.4. The van der Waals surface area contributed by atoms with Crippen LogP contribution in [0.3, 0.4) is 0 Å². The van der Waals surface area contributed by atoms with Crippen LogP contribution in [0.1, 0.15) is 25.2 Å². The molecule has 4 aromatic heterocycles. The maximum Gasteiger partial charge on any atom is 0.258 e. The van der Waals surface area contributed by atoms with Crippen molar-refractivity contribution < 1.29 is 0 Å². The molecule has 1 aliphatic heterocycles. The van der Waals surface area contributed by atoms with Gasteiger partial charge in [0.15, 0.2) is 0 Å². The van der Waals surface area contributed by atoms with Gasteiger partial charge < -0.3 is 4.90 Å². The number of rotatable bonds is 5. The van der Waals surface area contributed by atoms with E-state index >= 15 is 0 Å². The predicted molar refractivity (Wildman–Crippen MR) is 122 cm³/mol. The Hall–Kier alpha value is -3.26. The van der Waals surface area contributed by atoms with Crippen molar-refractivity contribution >= 4 is 16.9 Å². The van der Waals surface area contributed by atoms with Crippen LogP contribution in [0.4, 0.5) is 5.69 Å². The maximum atomic E-state index is 12.9.